The highest BCUT2D eigenvalue weighted by Gasteiger charge is 2.26. The standard InChI is InChI=1S/C14H23N3/c1-2-10-3-5-11(6-4-10)14(16)12-9-17-8-7-13(12)15/h7-11,14H,2-6,16H2,1H3,(H2,15,17). The van der Waals surface area contributed by atoms with Crippen LogP contribution in [0.3, 0.4) is 0 Å². The molecule has 94 valence electrons. The van der Waals surface area contributed by atoms with Crippen LogP contribution in [0.25, 0.3) is 0 Å². The molecule has 1 aromatic heterocycles. The molecule has 0 bridgehead atoms. The van der Waals surface area contributed by atoms with Crippen molar-refractivity contribution in [1.29, 1.82) is 0 Å². The van der Waals surface area contributed by atoms with Gasteiger partial charge in [-0.3, -0.25) is 4.98 Å². The molecule has 3 nitrogen and oxygen atoms in total. The number of hydrogen-bond acceptors (Lipinski definition) is 3. The number of pyridine rings is 1. The van der Waals surface area contributed by atoms with Gasteiger partial charge in [0.2, 0.25) is 0 Å². The molecule has 0 aromatic carbocycles. The molecule has 2 rings (SSSR count). The van der Waals surface area contributed by atoms with Gasteiger partial charge in [-0.15, -0.1) is 0 Å². The minimum atomic E-state index is 0.0570. The van der Waals surface area contributed by atoms with E-state index in [4.69, 9.17) is 11.5 Å². The Bertz CT molecular complexity index is 356. The van der Waals surface area contributed by atoms with Crippen LogP contribution in [0.15, 0.2) is 18.5 Å². The molecule has 1 saturated carbocycles. The van der Waals surface area contributed by atoms with Crippen LogP contribution in [-0.2, 0) is 0 Å². The Morgan fingerprint density at radius 2 is 2.06 bits per heavy atom. The zero-order chi connectivity index (χ0) is 12.3. The maximum absolute atomic E-state index is 6.34. The number of rotatable bonds is 3. The van der Waals surface area contributed by atoms with Gasteiger partial charge in [-0.2, -0.15) is 0 Å². The van der Waals surface area contributed by atoms with Gasteiger partial charge in [-0.1, -0.05) is 26.2 Å². The van der Waals surface area contributed by atoms with Crippen LogP contribution in [0.4, 0.5) is 5.69 Å². The van der Waals surface area contributed by atoms with Gasteiger partial charge in [0, 0.05) is 29.7 Å². The van der Waals surface area contributed by atoms with E-state index in [1.54, 1.807) is 6.20 Å². The van der Waals surface area contributed by atoms with Crippen molar-refractivity contribution < 1.29 is 0 Å². The maximum atomic E-state index is 6.34. The molecular weight excluding hydrogens is 210 g/mol. The zero-order valence-corrected chi connectivity index (χ0v) is 10.6. The molecule has 17 heavy (non-hydrogen) atoms. The van der Waals surface area contributed by atoms with E-state index < -0.39 is 0 Å². The van der Waals surface area contributed by atoms with Crippen molar-refractivity contribution in [3.8, 4) is 0 Å². The quantitative estimate of drug-likeness (QED) is 0.843. The highest BCUT2D eigenvalue weighted by atomic mass is 14.7. The first-order valence-corrected chi connectivity index (χ1v) is 6.67. The monoisotopic (exact) mass is 233 g/mol. The second kappa shape index (κ2) is 5.50. The van der Waals surface area contributed by atoms with E-state index >= 15 is 0 Å². The fourth-order valence-corrected chi connectivity index (χ4v) is 2.91. The highest BCUT2D eigenvalue weighted by molar-refractivity contribution is 5.46. The molecular formula is C14H23N3. The summed E-state index contributed by atoms with van der Waals surface area (Å²) in [7, 11) is 0. The van der Waals surface area contributed by atoms with Crippen LogP contribution in [0.1, 0.15) is 50.6 Å². The third-order valence-electron chi connectivity index (χ3n) is 4.22. The smallest absolute Gasteiger partial charge is 0.0393 e. The van der Waals surface area contributed by atoms with Crippen LogP contribution in [-0.4, -0.2) is 4.98 Å². The Balaban J connectivity index is 2.02. The predicted molar refractivity (Wildman–Crippen MR) is 71.3 cm³/mol. The van der Waals surface area contributed by atoms with E-state index in [0.29, 0.717) is 5.92 Å². The number of hydrogen-bond donors (Lipinski definition) is 2. The van der Waals surface area contributed by atoms with E-state index in [1.165, 1.54) is 32.1 Å². The average Bonchev–Trinajstić information content (AvgIpc) is 2.39. The maximum Gasteiger partial charge on any atom is 0.0393 e. The molecule has 0 amide bonds. The van der Waals surface area contributed by atoms with Crippen LogP contribution in [0, 0.1) is 11.8 Å². The minimum absolute atomic E-state index is 0.0570. The Labute approximate surface area is 104 Å². The van der Waals surface area contributed by atoms with E-state index in [-0.39, 0.29) is 6.04 Å². The first-order chi connectivity index (χ1) is 8.22. The van der Waals surface area contributed by atoms with Gasteiger partial charge < -0.3 is 11.5 Å². The average molecular weight is 233 g/mol. The summed E-state index contributed by atoms with van der Waals surface area (Å²) < 4.78 is 0. The first-order valence-electron chi connectivity index (χ1n) is 6.67. The second-order valence-electron chi connectivity index (χ2n) is 5.22. The summed E-state index contributed by atoms with van der Waals surface area (Å²) in [4.78, 5) is 4.13. The van der Waals surface area contributed by atoms with Crippen molar-refractivity contribution >= 4 is 5.69 Å². The van der Waals surface area contributed by atoms with Gasteiger partial charge in [0.05, 0.1) is 0 Å². The Kier molecular flexibility index (Phi) is 4.00. The lowest BCUT2D eigenvalue weighted by Gasteiger charge is -2.32. The Morgan fingerprint density at radius 1 is 1.35 bits per heavy atom. The minimum Gasteiger partial charge on any atom is -0.398 e. The highest BCUT2D eigenvalue weighted by Crippen LogP contribution is 2.37. The van der Waals surface area contributed by atoms with Gasteiger partial charge in [-0.05, 0) is 30.7 Å². The summed E-state index contributed by atoms with van der Waals surface area (Å²) in [6.07, 6.45) is 9.94. The molecule has 1 fully saturated rings. The van der Waals surface area contributed by atoms with Gasteiger partial charge in [-0.25, -0.2) is 0 Å². The van der Waals surface area contributed by atoms with Gasteiger partial charge in [0.15, 0.2) is 0 Å². The lowest BCUT2D eigenvalue weighted by atomic mass is 9.76. The lowest BCUT2D eigenvalue weighted by molar-refractivity contribution is 0.240. The van der Waals surface area contributed by atoms with Gasteiger partial charge >= 0.3 is 0 Å². The normalized spacial score (nSPS) is 26.7. The van der Waals surface area contributed by atoms with Crippen LogP contribution >= 0.6 is 0 Å². The third kappa shape index (κ3) is 2.78. The molecule has 1 aliphatic rings. The number of aromatic nitrogens is 1. The van der Waals surface area contributed by atoms with E-state index in [9.17, 15) is 0 Å². The SMILES string of the molecule is CCC1CCC(C(N)c2cnccc2N)CC1. The number of anilines is 1. The molecule has 4 N–H and O–H groups in total. The Morgan fingerprint density at radius 3 is 2.65 bits per heavy atom. The second-order valence-corrected chi connectivity index (χ2v) is 5.22. The van der Waals surface area contributed by atoms with Crippen LogP contribution < -0.4 is 11.5 Å². The molecule has 3 heteroatoms. The van der Waals surface area contributed by atoms with Crippen molar-refractivity contribution in [1.82, 2.24) is 4.98 Å². The molecule has 1 unspecified atom stereocenters. The summed E-state index contributed by atoms with van der Waals surface area (Å²) in [5.74, 6) is 1.48. The number of nitrogens with two attached hydrogens (primary N) is 2. The number of nitrogens with zero attached hydrogens (tertiary/aromatic N) is 1. The van der Waals surface area contributed by atoms with Crippen molar-refractivity contribution in [3.63, 3.8) is 0 Å². The van der Waals surface area contributed by atoms with Gasteiger partial charge in [0.1, 0.15) is 0 Å². The summed E-state index contributed by atoms with van der Waals surface area (Å²) in [5.41, 5.74) is 14.1. The van der Waals surface area contributed by atoms with E-state index in [0.717, 1.165) is 17.2 Å². The van der Waals surface area contributed by atoms with Gasteiger partial charge in [0.25, 0.3) is 0 Å². The Hall–Kier alpha value is -1.09. The fourth-order valence-electron chi connectivity index (χ4n) is 2.91. The summed E-state index contributed by atoms with van der Waals surface area (Å²) >= 11 is 0. The number of nitrogen functional groups attached to an aromatic ring is 1. The summed E-state index contributed by atoms with van der Waals surface area (Å²) in [5, 5.41) is 0. The van der Waals surface area contributed by atoms with E-state index in [1.807, 2.05) is 12.3 Å². The predicted octanol–water partition coefficient (Wildman–Crippen LogP) is 2.88. The van der Waals surface area contributed by atoms with Crippen molar-refractivity contribution in [2.75, 3.05) is 5.73 Å². The zero-order valence-electron chi connectivity index (χ0n) is 10.6. The molecule has 1 aromatic rings. The van der Waals surface area contributed by atoms with Crippen LogP contribution in [0.2, 0.25) is 0 Å². The molecule has 0 radical (unpaired) electrons. The molecule has 1 aliphatic carbocycles. The summed E-state index contributed by atoms with van der Waals surface area (Å²) in [6.45, 7) is 2.28. The molecule has 0 saturated heterocycles. The molecule has 0 spiro atoms. The van der Waals surface area contributed by atoms with Crippen molar-refractivity contribution in [3.05, 3.63) is 24.0 Å². The lowest BCUT2D eigenvalue weighted by Crippen LogP contribution is -2.26. The van der Waals surface area contributed by atoms with E-state index in [2.05, 4.69) is 11.9 Å². The molecule has 0 aliphatic heterocycles. The molecule has 1 heterocycles. The van der Waals surface area contributed by atoms with Crippen LogP contribution in [0.5, 0.6) is 0 Å². The summed E-state index contributed by atoms with van der Waals surface area (Å²) in [6, 6.07) is 1.90. The molecule has 1 atom stereocenters. The fraction of sp³-hybridized carbons (Fsp3) is 0.643. The third-order valence-corrected chi connectivity index (χ3v) is 4.22. The first kappa shape index (κ1) is 12.4. The van der Waals surface area contributed by atoms with Crippen molar-refractivity contribution in [2.24, 2.45) is 17.6 Å². The van der Waals surface area contributed by atoms with Crippen molar-refractivity contribution in [2.45, 2.75) is 45.1 Å². The topological polar surface area (TPSA) is 64.9 Å². The largest absolute Gasteiger partial charge is 0.398 e.